The van der Waals surface area contributed by atoms with E-state index in [0.717, 1.165) is 30.0 Å². The predicted octanol–water partition coefficient (Wildman–Crippen LogP) is 3.28. The molecule has 31 heavy (non-hydrogen) atoms. The average molecular weight is 429 g/mol. The number of hydrogen-bond donors (Lipinski definition) is 1. The number of carbonyl (C=O) groups is 2. The minimum absolute atomic E-state index is 0.0999. The molecule has 8 heteroatoms. The maximum atomic E-state index is 13.2. The van der Waals surface area contributed by atoms with Crippen molar-refractivity contribution in [2.24, 2.45) is 13.0 Å². The third-order valence-electron chi connectivity index (χ3n) is 5.30. The zero-order valence-corrected chi connectivity index (χ0v) is 18.9. The quantitative estimate of drug-likeness (QED) is 0.790. The lowest BCUT2D eigenvalue weighted by Gasteiger charge is -2.34. The topological polar surface area (TPSA) is 85.7 Å². The number of ether oxygens (including phenoxy) is 2. The summed E-state index contributed by atoms with van der Waals surface area (Å²) in [7, 11) is 3.52. The van der Waals surface area contributed by atoms with Crippen LogP contribution in [-0.2, 0) is 16.6 Å². The smallest absolute Gasteiger partial charge is 0.410 e. The van der Waals surface area contributed by atoms with Gasteiger partial charge >= 0.3 is 6.09 Å². The molecule has 2 amide bonds. The number of rotatable bonds is 5. The molecule has 1 aliphatic rings. The van der Waals surface area contributed by atoms with Gasteiger partial charge in [0.25, 0.3) is 0 Å². The molecule has 2 aromatic rings. The van der Waals surface area contributed by atoms with Crippen molar-refractivity contribution in [1.82, 2.24) is 19.8 Å². The molecule has 1 aromatic heterocycles. The van der Waals surface area contributed by atoms with Gasteiger partial charge < -0.3 is 24.3 Å². The second-order valence-corrected chi connectivity index (χ2v) is 8.88. The lowest BCUT2D eigenvalue weighted by atomic mass is 9.96. The molecular formula is C23H32N4O4. The highest BCUT2D eigenvalue weighted by Crippen LogP contribution is 2.25. The fraction of sp³-hybridized carbons (Fsp3) is 0.522. The molecule has 168 valence electrons. The van der Waals surface area contributed by atoms with Crippen LogP contribution in [0.2, 0.25) is 0 Å². The van der Waals surface area contributed by atoms with Gasteiger partial charge in [0.05, 0.1) is 13.0 Å². The summed E-state index contributed by atoms with van der Waals surface area (Å²) in [6.45, 7) is 6.46. The number of hydrogen-bond acceptors (Lipinski definition) is 5. The van der Waals surface area contributed by atoms with Gasteiger partial charge in [-0.1, -0.05) is 12.1 Å². The monoisotopic (exact) mass is 428 g/mol. The molecule has 0 bridgehead atoms. The Labute approximate surface area is 183 Å². The summed E-state index contributed by atoms with van der Waals surface area (Å²) in [6.07, 6.45) is 4.67. The third kappa shape index (κ3) is 5.77. The van der Waals surface area contributed by atoms with Gasteiger partial charge in [-0.05, 0) is 51.3 Å². The number of imidazole rings is 1. The maximum Gasteiger partial charge on any atom is 0.410 e. The van der Waals surface area contributed by atoms with E-state index >= 15 is 0 Å². The Morgan fingerprint density at radius 3 is 2.52 bits per heavy atom. The number of benzene rings is 1. The van der Waals surface area contributed by atoms with Gasteiger partial charge in [0.15, 0.2) is 0 Å². The van der Waals surface area contributed by atoms with Crippen LogP contribution >= 0.6 is 0 Å². The van der Waals surface area contributed by atoms with Gasteiger partial charge in [0.2, 0.25) is 5.91 Å². The van der Waals surface area contributed by atoms with Crippen LogP contribution in [0.15, 0.2) is 36.7 Å². The normalized spacial score (nSPS) is 17.7. The van der Waals surface area contributed by atoms with Crippen molar-refractivity contribution in [2.75, 3.05) is 20.2 Å². The summed E-state index contributed by atoms with van der Waals surface area (Å²) in [6, 6.07) is 7.17. The molecule has 0 aliphatic carbocycles. The van der Waals surface area contributed by atoms with Gasteiger partial charge in [-0.3, -0.25) is 4.79 Å². The van der Waals surface area contributed by atoms with Gasteiger partial charge in [-0.25, -0.2) is 9.78 Å². The van der Waals surface area contributed by atoms with Crippen LogP contribution < -0.4 is 10.1 Å². The highest BCUT2D eigenvalue weighted by molar-refractivity contribution is 5.80. The SMILES string of the molecule is COc1ccc([C@@H](NC(=O)[C@H]2CCCN(C(=O)OC(C)(C)C)C2)c2nccn2C)cc1. The van der Waals surface area contributed by atoms with Crippen molar-refractivity contribution < 1.29 is 19.1 Å². The molecule has 0 unspecified atom stereocenters. The fourth-order valence-electron chi connectivity index (χ4n) is 3.69. The molecule has 2 heterocycles. The summed E-state index contributed by atoms with van der Waals surface area (Å²) in [5.41, 5.74) is 0.340. The standard InChI is InChI=1S/C23H32N4O4/c1-23(2,3)31-22(29)27-13-6-7-17(15-27)21(28)25-19(20-24-12-14-26(20)4)16-8-10-18(30-5)11-9-16/h8-12,14,17,19H,6-7,13,15H2,1-5H3,(H,25,28)/t17-,19+/m0/s1. The van der Waals surface area contributed by atoms with E-state index in [1.165, 1.54) is 0 Å². The highest BCUT2D eigenvalue weighted by atomic mass is 16.6. The van der Waals surface area contributed by atoms with Crippen LogP contribution in [0.4, 0.5) is 4.79 Å². The number of nitrogens with one attached hydrogen (secondary N) is 1. The first kappa shape index (κ1) is 22.7. The lowest BCUT2D eigenvalue weighted by Crippen LogP contribution is -2.47. The Balaban J connectivity index is 1.75. The van der Waals surface area contributed by atoms with Crippen LogP contribution in [-0.4, -0.2) is 52.3 Å². The minimum atomic E-state index is -0.566. The fourth-order valence-corrected chi connectivity index (χ4v) is 3.69. The second-order valence-electron chi connectivity index (χ2n) is 8.88. The van der Waals surface area contributed by atoms with Crippen LogP contribution in [0.5, 0.6) is 5.75 Å². The van der Waals surface area contributed by atoms with E-state index in [-0.39, 0.29) is 17.9 Å². The van der Waals surface area contributed by atoms with E-state index in [9.17, 15) is 9.59 Å². The van der Waals surface area contributed by atoms with Crippen molar-refractivity contribution in [3.05, 3.63) is 48.0 Å². The summed E-state index contributed by atoms with van der Waals surface area (Å²) in [4.78, 5) is 31.8. The summed E-state index contributed by atoms with van der Waals surface area (Å²) in [5, 5.41) is 3.15. The molecular weight excluding hydrogens is 396 g/mol. The lowest BCUT2D eigenvalue weighted by molar-refractivity contribution is -0.127. The number of methoxy groups -OCH3 is 1. The first-order chi connectivity index (χ1) is 14.7. The zero-order valence-electron chi connectivity index (χ0n) is 18.9. The number of likely N-dealkylation sites (tertiary alicyclic amines) is 1. The average Bonchev–Trinajstić information content (AvgIpc) is 3.16. The Bertz CT molecular complexity index is 901. The Morgan fingerprint density at radius 2 is 1.94 bits per heavy atom. The number of amides is 2. The highest BCUT2D eigenvalue weighted by Gasteiger charge is 2.32. The molecule has 2 atom stereocenters. The predicted molar refractivity (Wildman–Crippen MR) is 117 cm³/mol. The number of aryl methyl sites for hydroxylation is 1. The van der Waals surface area contributed by atoms with Crippen molar-refractivity contribution in [1.29, 1.82) is 0 Å². The third-order valence-corrected chi connectivity index (χ3v) is 5.30. The van der Waals surface area contributed by atoms with Crippen molar-refractivity contribution in [3.8, 4) is 5.75 Å². The van der Waals surface area contributed by atoms with Crippen LogP contribution in [0.25, 0.3) is 0 Å². The number of carbonyl (C=O) groups excluding carboxylic acids is 2. The van der Waals surface area contributed by atoms with Crippen LogP contribution in [0.3, 0.4) is 0 Å². The number of piperidine rings is 1. The summed E-state index contributed by atoms with van der Waals surface area (Å²) >= 11 is 0. The van der Waals surface area contributed by atoms with Gasteiger partial charge in [0, 0.05) is 32.5 Å². The molecule has 1 aliphatic heterocycles. The second kappa shape index (κ2) is 9.41. The largest absolute Gasteiger partial charge is 0.497 e. The van der Waals surface area contributed by atoms with Gasteiger partial charge in [-0.2, -0.15) is 0 Å². The van der Waals surface area contributed by atoms with Crippen LogP contribution in [0.1, 0.15) is 51.0 Å². The number of aromatic nitrogens is 2. The van der Waals surface area contributed by atoms with Crippen molar-refractivity contribution in [2.45, 2.75) is 45.3 Å². The van der Waals surface area contributed by atoms with Crippen molar-refractivity contribution in [3.63, 3.8) is 0 Å². The van der Waals surface area contributed by atoms with E-state index < -0.39 is 11.6 Å². The first-order valence-corrected chi connectivity index (χ1v) is 10.6. The molecule has 1 aromatic carbocycles. The zero-order chi connectivity index (χ0) is 22.6. The molecule has 0 radical (unpaired) electrons. The minimum Gasteiger partial charge on any atom is -0.497 e. The van der Waals surface area contributed by atoms with E-state index in [1.54, 1.807) is 18.2 Å². The number of nitrogens with zero attached hydrogens (tertiary/aromatic N) is 3. The summed E-state index contributed by atoms with van der Waals surface area (Å²) < 4.78 is 12.6. The molecule has 1 N–H and O–H groups in total. The Hall–Kier alpha value is -3.03. The molecule has 0 spiro atoms. The van der Waals surface area contributed by atoms with Gasteiger partial charge in [0.1, 0.15) is 23.2 Å². The molecule has 1 saturated heterocycles. The van der Waals surface area contributed by atoms with Crippen molar-refractivity contribution >= 4 is 12.0 Å². The van der Waals surface area contributed by atoms with E-state index in [2.05, 4.69) is 10.3 Å². The van der Waals surface area contributed by atoms with E-state index in [0.29, 0.717) is 13.1 Å². The molecule has 0 saturated carbocycles. The molecule has 1 fully saturated rings. The Morgan fingerprint density at radius 1 is 1.23 bits per heavy atom. The molecule has 3 rings (SSSR count). The summed E-state index contributed by atoms with van der Waals surface area (Å²) in [5.74, 6) is 1.08. The molecule has 8 nitrogen and oxygen atoms in total. The van der Waals surface area contributed by atoms with Gasteiger partial charge in [-0.15, -0.1) is 0 Å². The maximum absolute atomic E-state index is 13.2. The first-order valence-electron chi connectivity index (χ1n) is 10.6. The van der Waals surface area contributed by atoms with Crippen LogP contribution in [0, 0.1) is 5.92 Å². The van der Waals surface area contributed by atoms with E-state index in [1.807, 2.05) is 62.8 Å². The van der Waals surface area contributed by atoms with E-state index in [4.69, 9.17) is 9.47 Å². The Kier molecular flexibility index (Phi) is 6.87.